The lowest BCUT2D eigenvalue weighted by molar-refractivity contribution is 0.214. The van der Waals surface area contributed by atoms with Crippen LogP contribution < -0.4 is 5.73 Å². The molecule has 0 bridgehead atoms. The predicted molar refractivity (Wildman–Crippen MR) is 66.1 cm³/mol. The van der Waals surface area contributed by atoms with Crippen LogP contribution in [0.2, 0.25) is 0 Å². The molecule has 0 amide bonds. The van der Waals surface area contributed by atoms with Crippen LogP contribution in [0.1, 0.15) is 33.1 Å². The van der Waals surface area contributed by atoms with E-state index in [-0.39, 0.29) is 5.54 Å². The number of hydrogen-bond donors (Lipinski definition) is 1. The van der Waals surface area contributed by atoms with E-state index in [9.17, 15) is 0 Å². The molecule has 1 fully saturated rings. The molecule has 1 heterocycles. The summed E-state index contributed by atoms with van der Waals surface area (Å²) in [6.45, 7) is 10.2. The summed E-state index contributed by atoms with van der Waals surface area (Å²) in [7, 11) is 2.21. The molecule has 1 aliphatic rings. The summed E-state index contributed by atoms with van der Waals surface area (Å²) in [5, 5.41) is 0. The zero-order valence-electron chi connectivity index (χ0n) is 10.6. The fourth-order valence-electron chi connectivity index (χ4n) is 2.42. The third kappa shape index (κ3) is 4.96. The van der Waals surface area contributed by atoms with Crippen LogP contribution in [0, 0.1) is 0 Å². The van der Waals surface area contributed by atoms with Crippen molar-refractivity contribution in [1.82, 2.24) is 9.80 Å². The zero-order chi connectivity index (χ0) is 11.3. The molecule has 0 spiro atoms. The molecular formula is C12H27N3. The van der Waals surface area contributed by atoms with Gasteiger partial charge in [-0.2, -0.15) is 0 Å². The quantitative estimate of drug-likeness (QED) is 0.760. The maximum Gasteiger partial charge on any atom is 0.0254 e. The summed E-state index contributed by atoms with van der Waals surface area (Å²) in [6, 6.07) is 0. The van der Waals surface area contributed by atoms with Gasteiger partial charge in [-0.25, -0.2) is 0 Å². The van der Waals surface area contributed by atoms with Crippen LogP contribution in [0.5, 0.6) is 0 Å². The number of nitrogens with two attached hydrogens (primary N) is 1. The number of likely N-dealkylation sites (N-methyl/N-ethyl adjacent to an activating group) is 1. The van der Waals surface area contributed by atoms with Gasteiger partial charge in [0.05, 0.1) is 0 Å². The topological polar surface area (TPSA) is 32.5 Å². The lowest BCUT2D eigenvalue weighted by Gasteiger charge is -2.31. The first-order chi connectivity index (χ1) is 7.03. The monoisotopic (exact) mass is 213 g/mol. The van der Waals surface area contributed by atoms with Crippen LogP contribution in [-0.2, 0) is 0 Å². The Kier molecular flexibility index (Phi) is 5.03. The second-order valence-corrected chi connectivity index (χ2v) is 5.34. The molecule has 0 radical (unpaired) electrons. The van der Waals surface area contributed by atoms with Gasteiger partial charge in [0.2, 0.25) is 0 Å². The minimum Gasteiger partial charge on any atom is -0.324 e. The Balaban J connectivity index is 2.36. The molecule has 0 aromatic carbocycles. The standard InChI is InChI=1S/C12H27N3/c1-4-6-12(2,13)11-15-8-5-7-14(3)9-10-15/h4-11,13H2,1-3H3. The van der Waals surface area contributed by atoms with Crippen LogP contribution in [0.15, 0.2) is 0 Å². The fourth-order valence-corrected chi connectivity index (χ4v) is 2.42. The molecule has 15 heavy (non-hydrogen) atoms. The Hall–Kier alpha value is -0.120. The van der Waals surface area contributed by atoms with Crippen LogP contribution in [0.25, 0.3) is 0 Å². The van der Waals surface area contributed by atoms with Gasteiger partial charge < -0.3 is 15.5 Å². The minimum atomic E-state index is -0.00232. The van der Waals surface area contributed by atoms with E-state index < -0.39 is 0 Å². The van der Waals surface area contributed by atoms with Gasteiger partial charge in [0.1, 0.15) is 0 Å². The second kappa shape index (κ2) is 5.83. The van der Waals surface area contributed by atoms with Crippen LogP contribution in [-0.4, -0.2) is 55.1 Å². The van der Waals surface area contributed by atoms with Crippen molar-refractivity contribution < 1.29 is 0 Å². The molecule has 1 atom stereocenters. The van der Waals surface area contributed by atoms with Crippen molar-refractivity contribution in [3.8, 4) is 0 Å². The van der Waals surface area contributed by atoms with Gasteiger partial charge in [-0.15, -0.1) is 0 Å². The highest BCUT2D eigenvalue weighted by Crippen LogP contribution is 2.12. The van der Waals surface area contributed by atoms with E-state index in [1.54, 1.807) is 0 Å². The van der Waals surface area contributed by atoms with Crippen molar-refractivity contribution in [2.75, 3.05) is 39.8 Å². The third-order valence-electron chi connectivity index (χ3n) is 3.22. The van der Waals surface area contributed by atoms with Gasteiger partial charge in [0.25, 0.3) is 0 Å². The molecule has 0 aromatic rings. The summed E-state index contributed by atoms with van der Waals surface area (Å²) < 4.78 is 0. The van der Waals surface area contributed by atoms with Crippen molar-refractivity contribution in [1.29, 1.82) is 0 Å². The van der Waals surface area contributed by atoms with Gasteiger partial charge in [-0.05, 0) is 39.9 Å². The molecule has 90 valence electrons. The lowest BCUT2D eigenvalue weighted by Crippen LogP contribution is -2.48. The normalized spacial score (nSPS) is 24.8. The third-order valence-corrected chi connectivity index (χ3v) is 3.22. The van der Waals surface area contributed by atoms with E-state index >= 15 is 0 Å². The van der Waals surface area contributed by atoms with Gasteiger partial charge in [-0.1, -0.05) is 13.3 Å². The highest BCUT2D eigenvalue weighted by Gasteiger charge is 2.22. The average molecular weight is 213 g/mol. The Morgan fingerprint density at radius 1 is 1.20 bits per heavy atom. The maximum atomic E-state index is 6.29. The molecule has 0 saturated carbocycles. The smallest absolute Gasteiger partial charge is 0.0254 e. The van der Waals surface area contributed by atoms with Crippen molar-refractivity contribution >= 4 is 0 Å². The summed E-state index contributed by atoms with van der Waals surface area (Å²) in [6.07, 6.45) is 3.58. The molecule has 3 heteroatoms. The zero-order valence-corrected chi connectivity index (χ0v) is 10.6. The highest BCUT2D eigenvalue weighted by molar-refractivity contribution is 4.83. The fraction of sp³-hybridized carbons (Fsp3) is 1.00. The van der Waals surface area contributed by atoms with Crippen LogP contribution >= 0.6 is 0 Å². The Bertz CT molecular complexity index is 180. The largest absolute Gasteiger partial charge is 0.324 e. The first kappa shape index (κ1) is 12.9. The van der Waals surface area contributed by atoms with E-state index in [0.717, 1.165) is 13.0 Å². The van der Waals surface area contributed by atoms with Gasteiger partial charge in [0.15, 0.2) is 0 Å². The summed E-state index contributed by atoms with van der Waals surface area (Å²) in [5.74, 6) is 0. The Morgan fingerprint density at radius 2 is 1.93 bits per heavy atom. The molecule has 1 rings (SSSR count). The average Bonchev–Trinajstić information content (AvgIpc) is 2.30. The molecule has 0 aromatic heterocycles. The van der Waals surface area contributed by atoms with Crippen molar-refractivity contribution in [2.45, 2.75) is 38.6 Å². The number of hydrogen-bond acceptors (Lipinski definition) is 3. The Morgan fingerprint density at radius 3 is 2.60 bits per heavy atom. The number of nitrogens with zero attached hydrogens (tertiary/aromatic N) is 2. The maximum absolute atomic E-state index is 6.29. The molecular weight excluding hydrogens is 186 g/mol. The minimum absolute atomic E-state index is 0.00232. The molecule has 3 nitrogen and oxygen atoms in total. The van der Waals surface area contributed by atoms with Crippen LogP contribution in [0.4, 0.5) is 0 Å². The predicted octanol–water partition coefficient (Wildman–Crippen LogP) is 1.14. The van der Waals surface area contributed by atoms with E-state index in [4.69, 9.17) is 5.73 Å². The molecule has 0 aliphatic carbocycles. The van der Waals surface area contributed by atoms with Crippen molar-refractivity contribution in [2.24, 2.45) is 5.73 Å². The molecule has 1 unspecified atom stereocenters. The molecule has 1 aliphatic heterocycles. The Labute approximate surface area is 94.6 Å². The van der Waals surface area contributed by atoms with Gasteiger partial charge in [0, 0.05) is 25.2 Å². The molecule has 1 saturated heterocycles. The molecule has 2 N–H and O–H groups in total. The van der Waals surface area contributed by atoms with E-state index in [1.165, 1.54) is 39.0 Å². The lowest BCUT2D eigenvalue weighted by atomic mass is 9.97. The summed E-state index contributed by atoms with van der Waals surface area (Å²) in [5.41, 5.74) is 6.29. The summed E-state index contributed by atoms with van der Waals surface area (Å²) >= 11 is 0. The van der Waals surface area contributed by atoms with E-state index in [0.29, 0.717) is 0 Å². The first-order valence-corrected chi connectivity index (χ1v) is 6.23. The van der Waals surface area contributed by atoms with Gasteiger partial charge >= 0.3 is 0 Å². The van der Waals surface area contributed by atoms with Crippen LogP contribution in [0.3, 0.4) is 0 Å². The first-order valence-electron chi connectivity index (χ1n) is 6.23. The van der Waals surface area contributed by atoms with Gasteiger partial charge in [-0.3, -0.25) is 0 Å². The summed E-state index contributed by atoms with van der Waals surface area (Å²) in [4.78, 5) is 4.94. The van der Waals surface area contributed by atoms with Crippen molar-refractivity contribution in [3.05, 3.63) is 0 Å². The highest BCUT2D eigenvalue weighted by atomic mass is 15.2. The van der Waals surface area contributed by atoms with Crippen molar-refractivity contribution in [3.63, 3.8) is 0 Å². The second-order valence-electron chi connectivity index (χ2n) is 5.34. The number of rotatable bonds is 4. The van der Waals surface area contributed by atoms with E-state index in [2.05, 4.69) is 30.7 Å². The SMILES string of the molecule is CCCC(C)(N)CN1CCCN(C)CC1. The van der Waals surface area contributed by atoms with E-state index in [1.807, 2.05) is 0 Å².